The number of rotatable bonds is 3. The molecule has 7 nitrogen and oxygen atoms in total. The van der Waals surface area contributed by atoms with E-state index in [9.17, 15) is 0 Å². The molecular weight excluding hydrogens is 186 g/mol. The summed E-state index contributed by atoms with van der Waals surface area (Å²) in [5.41, 5.74) is 0.652. The van der Waals surface area contributed by atoms with Crippen molar-refractivity contribution in [2.75, 3.05) is 0 Å². The molecule has 14 heavy (non-hydrogen) atoms. The number of hydrogen-bond donors (Lipinski definition) is 1. The van der Waals surface area contributed by atoms with Crippen molar-refractivity contribution < 1.29 is 9.36 Å². The number of aromatic nitrogens is 4. The van der Waals surface area contributed by atoms with E-state index >= 15 is 0 Å². The van der Waals surface area contributed by atoms with Gasteiger partial charge in [-0.1, -0.05) is 5.16 Å². The van der Waals surface area contributed by atoms with Crippen LogP contribution in [-0.2, 0) is 18.5 Å². The van der Waals surface area contributed by atoms with Gasteiger partial charge >= 0.3 is 0 Å². The topological polar surface area (TPSA) is 92.0 Å². The monoisotopic (exact) mass is 195 g/mol. The third-order valence-electron chi connectivity index (χ3n) is 1.62. The fraction of sp³-hybridized carbons (Fsp3) is 0.286. The summed E-state index contributed by atoms with van der Waals surface area (Å²) in [7, 11) is 1.81. The lowest BCUT2D eigenvalue weighted by Crippen LogP contribution is -1.98. The van der Waals surface area contributed by atoms with E-state index in [1.807, 2.05) is 7.05 Å². The van der Waals surface area contributed by atoms with Crippen LogP contribution < -0.4 is 5.90 Å². The predicted octanol–water partition coefficient (Wildman–Crippen LogP) is -0.140. The molecule has 0 saturated carbocycles. The fourth-order valence-electron chi connectivity index (χ4n) is 1.02. The molecule has 0 bridgehead atoms. The first-order chi connectivity index (χ1) is 6.79. The number of aryl methyl sites for hydroxylation is 1. The van der Waals surface area contributed by atoms with Crippen LogP contribution in [0.15, 0.2) is 16.8 Å². The van der Waals surface area contributed by atoms with Gasteiger partial charge in [-0.05, 0) is 6.07 Å². The lowest BCUT2D eigenvalue weighted by atomic mass is 10.4. The van der Waals surface area contributed by atoms with Gasteiger partial charge < -0.3 is 4.52 Å². The fourth-order valence-corrected chi connectivity index (χ4v) is 1.02. The molecule has 2 N–H and O–H groups in total. The molecule has 0 aliphatic heterocycles. The van der Waals surface area contributed by atoms with Gasteiger partial charge in [-0.15, -0.1) is 0 Å². The molecular formula is C7H9N5O2. The first-order valence-electron chi connectivity index (χ1n) is 3.94. The van der Waals surface area contributed by atoms with Gasteiger partial charge in [0, 0.05) is 13.2 Å². The maximum Gasteiger partial charge on any atom is 0.255 e. The summed E-state index contributed by atoms with van der Waals surface area (Å²) >= 11 is 0. The minimum Gasteiger partial charge on any atom is -0.336 e. The van der Waals surface area contributed by atoms with Crippen LogP contribution in [0.3, 0.4) is 0 Å². The predicted molar refractivity (Wildman–Crippen MR) is 45.5 cm³/mol. The lowest BCUT2D eigenvalue weighted by molar-refractivity contribution is 0.0996. The molecule has 74 valence electrons. The first-order valence-corrected chi connectivity index (χ1v) is 3.94. The highest BCUT2D eigenvalue weighted by Gasteiger charge is 2.10. The molecule has 0 aromatic carbocycles. The van der Waals surface area contributed by atoms with Gasteiger partial charge in [-0.3, -0.25) is 9.52 Å². The second-order valence-corrected chi connectivity index (χ2v) is 2.70. The Bertz CT molecular complexity index is 421. The summed E-state index contributed by atoms with van der Waals surface area (Å²) < 4.78 is 6.51. The average Bonchev–Trinajstić information content (AvgIpc) is 2.74. The van der Waals surface area contributed by atoms with Crippen molar-refractivity contribution in [3.63, 3.8) is 0 Å². The quantitative estimate of drug-likeness (QED) is 0.685. The Morgan fingerprint density at radius 2 is 2.50 bits per heavy atom. The summed E-state index contributed by atoms with van der Waals surface area (Å²) in [5.74, 6) is 5.62. The van der Waals surface area contributed by atoms with Gasteiger partial charge in [0.25, 0.3) is 5.89 Å². The second kappa shape index (κ2) is 3.56. The van der Waals surface area contributed by atoms with Gasteiger partial charge in [0.1, 0.15) is 12.3 Å². The van der Waals surface area contributed by atoms with Crippen LogP contribution in [0.2, 0.25) is 0 Å². The van der Waals surface area contributed by atoms with E-state index in [0.717, 1.165) is 0 Å². The van der Waals surface area contributed by atoms with Gasteiger partial charge in [-0.2, -0.15) is 10.1 Å². The van der Waals surface area contributed by atoms with E-state index in [1.165, 1.54) is 0 Å². The standard InChI is InChI=1S/C7H9N5O2/c1-12-3-2-5(10-12)7-9-6(4-13-8)14-11-7/h2-3H,4,8H2,1H3. The van der Waals surface area contributed by atoms with Gasteiger partial charge in [0.15, 0.2) is 0 Å². The molecule has 0 radical (unpaired) electrons. The Morgan fingerprint density at radius 3 is 3.14 bits per heavy atom. The van der Waals surface area contributed by atoms with Crippen LogP contribution in [0.4, 0.5) is 0 Å². The van der Waals surface area contributed by atoms with E-state index in [0.29, 0.717) is 17.4 Å². The lowest BCUT2D eigenvalue weighted by Gasteiger charge is -1.86. The molecule has 2 aromatic rings. The summed E-state index contributed by atoms with van der Waals surface area (Å²) in [6.45, 7) is 0.0971. The van der Waals surface area contributed by atoms with E-state index < -0.39 is 0 Å². The van der Waals surface area contributed by atoms with Crippen molar-refractivity contribution >= 4 is 0 Å². The number of nitrogens with two attached hydrogens (primary N) is 1. The third kappa shape index (κ3) is 1.63. The van der Waals surface area contributed by atoms with Crippen molar-refractivity contribution in [2.24, 2.45) is 12.9 Å². The maximum absolute atomic E-state index is 4.87. The molecule has 2 aromatic heterocycles. The molecule has 0 amide bonds. The van der Waals surface area contributed by atoms with Crippen molar-refractivity contribution in [1.29, 1.82) is 0 Å². The minimum atomic E-state index is 0.0971. The molecule has 2 rings (SSSR count). The zero-order valence-corrected chi connectivity index (χ0v) is 7.54. The maximum atomic E-state index is 4.87. The minimum absolute atomic E-state index is 0.0971. The molecule has 0 spiro atoms. The van der Waals surface area contributed by atoms with Gasteiger partial charge in [0.2, 0.25) is 5.82 Å². The summed E-state index contributed by atoms with van der Waals surface area (Å²) in [5, 5.41) is 7.83. The number of hydrogen-bond acceptors (Lipinski definition) is 6. The zero-order valence-electron chi connectivity index (χ0n) is 7.54. The molecule has 0 aliphatic rings. The SMILES string of the molecule is Cn1ccc(-c2noc(CON)n2)n1. The molecule has 0 atom stereocenters. The number of nitrogens with zero attached hydrogens (tertiary/aromatic N) is 4. The average molecular weight is 195 g/mol. The largest absolute Gasteiger partial charge is 0.336 e. The molecule has 0 unspecified atom stereocenters. The highest BCUT2D eigenvalue weighted by Crippen LogP contribution is 2.12. The van der Waals surface area contributed by atoms with E-state index in [-0.39, 0.29) is 6.61 Å². The van der Waals surface area contributed by atoms with Crippen LogP contribution in [0.25, 0.3) is 11.5 Å². The Hall–Kier alpha value is -1.73. The van der Waals surface area contributed by atoms with Crippen LogP contribution in [-0.4, -0.2) is 19.9 Å². The first kappa shape index (κ1) is 8.85. The van der Waals surface area contributed by atoms with E-state index in [1.54, 1.807) is 16.9 Å². The van der Waals surface area contributed by atoms with Crippen LogP contribution in [0, 0.1) is 0 Å². The molecule has 7 heteroatoms. The normalized spacial score (nSPS) is 10.7. The van der Waals surface area contributed by atoms with E-state index in [2.05, 4.69) is 20.1 Å². The smallest absolute Gasteiger partial charge is 0.255 e. The second-order valence-electron chi connectivity index (χ2n) is 2.70. The van der Waals surface area contributed by atoms with Gasteiger partial charge in [0.05, 0.1) is 0 Å². The van der Waals surface area contributed by atoms with E-state index in [4.69, 9.17) is 10.4 Å². The van der Waals surface area contributed by atoms with Crippen LogP contribution >= 0.6 is 0 Å². The van der Waals surface area contributed by atoms with Crippen molar-refractivity contribution in [1.82, 2.24) is 19.9 Å². The van der Waals surface area contributed by atoms with Crippen LogP contribution in [0.1, 0.15) is 5.89 Å². The van der Waals surface area contributed by atoms with Crippen molar-refractivity contribution in [3.05, 3.63) is 18.2 Å². The Labute approximate surface area is 79.4 Å². The molecule has 0 fully saturated rings. The molecule has 0 aliphatic carbocycles. The summed E-state index contributed by atoms with van der Waals surface area (Å²) in [4.78, 5) is 8.39. The summed E-state index contributed by atoms with van der Waals surface area (Å²) in [6.07, 6.45) is 1.80. The molecule has 2 heterocycles. The van der Waals surface area contributed by atoms with Crippen molar-refractivity contribution in [2.45, 2.75) is 6.61 Å². The summed E-state index contributed by atoms with van der Waals surface area (Å²) in [6, 6.07) is 1.79. The Balaban J connectivity index is 2.24. The Morgan fingerprint density at radius 1 is 1.64 bits per heavy atom. The zero-order chi connectivity index (χ0) is 9.97. The highest BCUT2D eigenvalue weighted by molar-refractivity contribution is 5.46. The van der Waals surface area contributed by atoms with Crippen molar-refractivity contribution in [3.8, 4) is 11.5 Å². The molecule has 0 saturated heterocycles. The van der Waals surface area contributed by atoms with Gasteiger partial charge in [-0.25, -0.2) is 5.90 Å². The Kier molecular flexibility index (Phi) is 2.25. The third-order valence-corrected chi connectivity index (χ3v) is 1.62. The van der Waals surface area contributed by atoms with Crippen LogP contribution in [0.5, 0.6) is 0 Å². The highest BCUT2D eigenvalue weighted by atomic mass is 16.6.